The Hall–Kier alpha value is -0.300. The number of hydrogen-bond donors (Lipinski definition) is 1. The van der Waals surface area contributed by atoms with Gasteiger partial charge in [0.1, 0.15) is 0 Å². The van der Waals surface area contributed by atoms with Gasteiger partial charge in [-0.3, -0.25) is 0 Å². The van der Waals surface area contributed by atoms with Gasteiger partial charge in [-0.25, -0.2) is 4.98 Å². The average Bonchev–Trinajstić information content (AvgIpc) is 2.97. The van der Waals surface area contributed by atoms with Crippen LogP contribution in [-0.4, -0.2) is 41.8 Å². The van der Waals surface area contributed by atoms with Crippen LogP contribution in [0.1, 0.15) is 17.0 Å². The molecule has 0 amide bonds. The largest absolute Gasteiger partial charge is 0.391 e. The third-order valence-electron chi connectivity index (χ3n) is 2.95. The van der Waals surface area contributed by atoms with Gasteiger partial charge in [-0.15, -0.1) is 0 Å². The van der Waals surface area contributed by atoms with Gasteiger partial charge >= 0.3 is 0 Å². The molecule has 0 aromatic carbocycles. The second-order valence-electron chi connectivity index (χ2n) is 4.09. The summed E-state index contributed by atoms with van der Waals surface area (Å²) in [5.74, 6) is 2.41. The van der Waals surface area contributed by atoms with E-state index in [0.29, 0.717) is 12.6 Å². The van der Waals surface area contributed by atoms with Gasteiger partial charge in [0.05, 0.1) is 23.8 Å². The minimum atomic E-state index is 0.0453. The van der Waals surface area contributed by atoms with E-state index in [2.05, 4.69) is 16.9 Å². The molecule has 17 heavy (non-hydrogen) atoms. The lowest BCUT2D eigenvalue weighted by Crippen LogP contribution is -2.31. The van der Waals surface area contributed by atoms with Gasteiger partial charge < -0.3 is 14.7 Å². The molecule has 4 nitrogen and oxygen atoms in total. The lowest BCUT2D eigenvalue weighted by atomic mass is 10.2. The second kappa shape index (κ2) is 6.04. The van der Waals surface area contributed by atoms with Crippen LogP contribution in [0.4, 0.5) is 5.13 Å². The monoisotopic (exact) mass is 274 g/mol. The minimum absolute atomic E-state index is 0.0453. The smallest absolute Gasteiger partial charge is 0.185 e. The van der Waals surface area contributed by atoms with Crippen LogP contribution >= 0.6 is 23.1 Å². The zero-order chi connectivity index (χ0) is 12.3. The highest BCUT2D eigenvalue weighted by Gasteiger charge is 2.23. The van der Waals surface area contributed by atoms with Crippen molar-refractivity contribution >= 4 is 28.2 Å². The van der Waals surface area contributed by atoms with E-state index in [4.69, 9.17) is 4.74 Å². The predicted octanol–water partition coefficient (Wildman–Crippen LogP) is 1.72. The molecule has 1 fully saturated rings. The molecule has 0 aliphatic carbocycles. The highest BCUT2D eigenvalue weighted by Crippen LogP contribution is 2.31. The van der Waals surface area contributed by atoms with Gasteiger partial charge in [0, 0.05) is 26.0 Å². The topological polar surface area (TPSA) is 45.6 Å². The normalized spacial score (nSPS) is 19.8. The summed E-state index contributed by atoms with van der Waals surface area (Å²) in [4.78, 5) is 7.72. The molecule has 0 radical (unpaired) electrons. The Morgan fingerprint density at radius 2 is 2.41 bits per heavy atom. The number of thioether (sulfide) groups is 1. The van der Waals surface area contributed by atoms with Crippen molar-refractivity contribution in [1.29, 1.82) is 0 Å². The van der Waals surface area contributed by atoms with E-state index in [9.17, 15) is 5.11 Å². The van der Waals surface area contributed by atoms with Gasteiger partial charge in [-0.1, -0.05) is 11.3 Å². The fourth-order valence-electron chi connectivity index (χ4n) is 1.88. The zero-order valence-electron chi connectivity index (χ0n) is 10.2. The van der Waals surface area contributed by atoms with Crippen molar-refractivity contribution in [3.05, 3.63) is 10.6 Å². The molecule has 0 bridgehead atoms. The van der Waals surface area contributed by atoms with Crippen LogP contribution in [0, 0.1) is 0 Å². The summed E-state index contributed by atoms with van der Waals surface area (Å²) in [5, 5.41) is 10.3. The van der Waals surface area contributed by atoms with Crippen molar-refractivity contribution in [3.8, 4) is 0 Å². The van der Waals surface area contributed by atoms with E-state index in [0.717, 1.165) is 15.7 Å². The molecule has 2 heterocycles. The number of thiazole rings is 1. The third-order valence-corrected chi connectivity index (χ3v) is 5.26. The zero-order valence-corrected chi connectivity index (χ0v) is 11.8. The Bertz CT molecular complexity index is 364. The lowest BCUT2D eigenvalue weighted by molar-refractivity contribution is 0.179. The van der Waals surface area contributed by atoms with Crippen molar-refractivity contribution in [2.45, 2.75) is 25.7 Å². The van der Waals surface area contributed by atoms with Crippen LogP contribution in [0.3, 0.4) is 0 Å². The first-order valence-corrected chi connectivity index (χ1v) is 7.62. The molecule has 1 aromatic rings. The molecule has 96 valence electrons. The summed E-state index contributed by atoms with van der Waals surface area (Å²) in [5.41, 5.74) is 0.868. The van der Waals surface area contributed by atoms with E-state index in [1.54, 1.807) is 18.4 Å². The van der Waals surface area contributed by atoms with Gasteiger partial charge in [-0.05, 0) is 12.2 Å². The van der Waals surface area contributed by atoms with Crippen molar-refractivity contribution in [3.63, 3.8) is 0 Å². The second-order valence-corrected chi connectivity index (χ2v) is 6.30. The van der Waals surface area contributed by atoms with Gasteiger partial charge in [0.15, 0.2) is 5.13 Å². The predicted molar refractivity (Wildman–Crippen MR) is 72.9 cm³/mol. The summed E-state index contributed by atoms with van der Waals surface area (Å²) in [6.07, 6.45) is 1.22. The lowest BCUT2D eigenvalue weighted by Gasteiger charge is -2.22. The molecule has 1 atom stereocenters. The summed E-state index contributed by atoms with van der Waals surface area (Å²) < 4.78 is 5.10. The molecule has 1 unspecified atom stereocenters. The molecule has 2 rings (SSSR count). The van der Waals surface area contributed by atoms with Crippen molar-refractivity contribution < 1.29 is 9.84 Å². The highest BCUT2D eigenvalue weighted by molar-refractivity contribution is 7.99. The molecule has 1 aliphatic rings. The number of hydrogen-bond acceptors (Lipinski definition) is 6. The molecule has 1 N–H and O–H groups in total. The third kappa shape index (κ3) is 2.93. The van der Waals surface area contributed by atoms with E-state index >= 15 is 0 Å². The number of aromatic nitrogens is 1. The molecule has 6 heteroatoms. The number of ether oxygens (including phenoxy) is 1. The number of anilines is 1. The average molecular weight is 274 g/mol. The van der Waals surface area contributed by atoms with Crippen LogP contribution in [0.5, 0.6) is 0 Å². The molecular weight excluding hydrogens is 256 g/mol. The fourth-order valence-corrected chi connectivity index (χ4v) is 4.10. The summed E-state index contributed by atoms with van der Waals surface area (Å²) >= 11 is 3.56. The first-order valence-electron chi connectivity index (χ1n) is 5.65. The maximum absolute atomic E-state index is 9.30. The first-order chi connectivity index (χ1) is 8.26. The Morgan fingerprint density at radius 3 is 3.00 bits per heavy atom. The molecule has 1 aliphatic heterocycles. The Kier molecular flexibility index (Phi) is 4.67. The molecule has 0 spiro atoms. The van der Waals surface area contributed by atoms with Gasteiger partial charge in [-0.2, -0.15) is 11.8 Å². The van der Waals surface area contributed by atoms with E-state index in [1.165, 1.54) is 17.9 Å². The van der Waals surface area contributed by atoms with Crippen LogP contribution in [0.15, 0.2) is 0 Å². The number of methoxy groups -OCH3 is 1. The first kappa shape index (κ1) is 13.1. The summed E-state index contributed by atoms with van der Waals surface area (Å²) in [6, 6.07) is 0.577. The number of rotatable bonds is 5. The maximum atomic E-state index is 9.30. The number of aliphatic hydroxyl groups excluding tert-OH is 1. The van der Waals surface area contributed by atoms with Crippen LogP contribution in [-0.2, 0) is 18.0 Å². The van der Waals surface area contributed by atoms with E-state index in [1.807, 2.05) is 11.8 Å². The van der Waals surface area contributed by atoms with Gasteiger partial charge in [0.2, 0.25) is 0 Å². The Morgan fingerprint density at radius 1 is 1.59 bits per heavy atom. The number of aliphatic hydroxyl groups is 1. The van der Waals surface area contributed by atoms with Crippen molar-refractivity contribution in [1.82, 2.24) is 4.98 Å². The van der Waals surface area contributed by atoms with E-state index < -0.39 is 0 Å². The molecular formula is C11H18N2O2S2. The van der Waals surface area contributed by atoms with Crippen LogP contribution < -0.4 is 4.90 Å². The standard InChI is InChI=1S/C11H18N2O2S2/c1-13(8-3-4-16-7-8)11-12-9(6-15-2)10(5-14)17-11/h8,14H,3-7H2,1-2H3. The summed E-state index contributed by atoms with van der Waals surface area (Å²) in [6.45, 7) is 0.517. The Labute approximate surface area is 110 Å². The van der Waals surface area contributed by atoms with Crippen LogP contribution in [0.25, 0.3) is 0 Å². The SMILES string of the molecule is COCc1nc(N(C)C2CCSC2)sc1CO. The Balaban J connectivity index is 2.14. The van der Waals surface area contributed by atoms with Gasteiger partial charge in [0.25, 0.3) is 0 Å². The molecule has 1 aromatic heterocycles. The quantitative estimate of drug-likeness (QED) is 0.886. The molecule has 1 saturated heterocycles. The van der Waals surface area contributed by atoms with E-state index in [-0.39, 0.29) is 6.61 Å². The van der Waals surface area contributed by atoms with Crippen molar-refractivity contribution in [2.75, 3.05) is 30.6 Å². The van der Waals surface area contributed by atoms with Crippen LogP contribution in [0.2, 0.25) is 0 Å². The fraction of sp³-hybridized carbons (Fsp3) is 0.727. The highest BCUT2D eigenvalue weighted by atomic mass is 32.2. The van der Waals surface area contributed by atoms with Crippen molar-refractivity contribution in [2.24, 2.45) is 0 Å². The molecule has 0 saturated carbocycles. The maximum Gasteiger partial charge on any atom is 0.185 e. The number of nitrogens with zero attached hydrogens (tertiary/aromatic N) is 2. The summed E-state index contributed by atoms with van der Waals surface area (Å²) in [7, 11) is 3.74. The minimum Gasteiger partial charge on any atom is -0.391 e.